The van der Waals surface area contributed by atoms with Crippen LogP contribution in [0.4, 0.5) is 0 Å². The average Bonchev–Trinajstić information content (AvgIpc) is 2.78. The second-order valence-corrected chi connectivity index (χ2v) is 4.18. The van der Waals surface area contributed by atoms with Crippen LogP contribution in [0.15, 0.2) is 24.9 Å². The predicted octanol–water partition coefficient (Wildman–Crippen LogP) is 1.17. The maximum atomic E-state index is 8.86. The number of rotatable bonds is 5. The van der Waals surface area contributed by atoms with Crippen LogP contribution in [0, 0.1) is 0 Å². The van der Waals surface area contributed by atoms with Gasteiger partial charge in [0.2, 0.25) is 0 Å². The van der Waals surface area contributed by atoms with E-state index in [4.69, 9.17) is 9.84 Å². The van der Waals surface area contributed by atoms with Gasteiger partial charge < -0.3 is 9.84 Å². The highest BCUT2D eigenvalue weighted by atomic mass is 16.5. The zero-order valence-corrected chi connectivity index (χ0v) is 9.88. The van der Waals surface area contributed by atoms with Crippen LogP contribution in [0.1, 0.15) is 12.1 Å². The molecule has 1 aromatic heterocycles. The number of pyridine rings is 1. The fourth-order valence-electron chi connectivity index (χ4n) is 2.01. The molecule has 4 heteroatoms. The topological polar surface area (TPSA) is 45.6 Å². The first-order valence-corrected chi connectivity index (χ1v) is 5.90. The van der Waals surface area contributed by atoms with Crippen molar-refractivity contribution in [3.63, 3.8) is 0 Å². The quantitative estimate of drug-likeness (QED) is 0.830. The smallest absolute Gasteiger partial charge is 0.138 e. The van der Waals surface area contributed by atoms with E-state index in [0.717, 1.165) is 37.5 Å². The van der Waals surface area contributed by atoms with Gasteiger partial charge in [0, 0.05) is 19.6 Å². The highest BCUT2D eigenvalue weighted by Gasteiger charge is 2.23. The van der Waals surface area contributed by atoms with Crippen molar-refractivity contribution in [3.8, 4) is 5.75 Å². The lowest BCUT2D eigenvalue weighted by atomic mass is 10.3. The van der Waals surface area contributed by atoms with Crippen molar-refractivity contribution in [2.45, 2.75) is 12.5 Å². The van der Waals surface area contributed by atoms with E-state index in [0.29, 0.717) is 0 Å². The number of hydrogen-bond donors (Lipinski definition) is 1. The molecule has 1 aliphatic heterocycles. The number of aliphatic hydroxyl groups excluding tert-OH is 1. The van der Waals surface area contributed by atoms with Crippen molar-refractivity contribution >= 4 is 6.08 Å². The number of likely N-dealkylation sites (tertiary alicyclic amines) is 1. The summed E-state index contributed by atoms with van der Waals surface area (Å²) in [5.41, 5.74) is 0.852. The Balaban J connectivity index is 1.86. The Kier molecular flexibility index (Phi) is 4.12. The van der Waals surface area contributed by atoms with Crippen LogP contribution in [-0.4, -0.2) is 47.3 Å². The van der Waals surface area contributed by atoms with Gasteiger partial charge in [-0.05, 0) is 24.6 Å². The molecule has 2 heterocycles. The van der Waals surface area contributed by atoms with E-state index in [1.54, 1.807) is 12.3 Å². The normalized spacial score (nSPS) is 20.4. The number of hydrogen-bond acceptors (Lipinski definition) is 4. The predicted molar refractivity (Wildman–Crippen MR) is 66.9 cm³/mol. The number of aliphatic hydroxyl groups is 1. The summed E-state index contributed by atoms with van der Waals surface area (Å²) < 4.78 is 5.83. The van der Waals surface area contributed by atoms with Gasteiger partial charge in [-0.3, -0.25) is 9.88 Å². The lowest BCUT2D eigenvalue weighted by Crippen LogP contribution is -2.27. The molecule has 1 saturated heterocycles. The van der Waals surface area contributed by atoms with Gasteiger partial charge in [0.05, 0.1) is 18.5 Å². The number of ether oxygens (including phenoxy) is 1. The largest absolute Gasteiger partial charge is 0.487 e. The molecule has 0 spiro atoms. The first kappa shape index (κ1) is 12.1. The third-order valence-corrected chi connectivity index (χ3v) is 2.92. The van der Waals surface area contributed by atoms with Crippen molar-refractivity contribution < 1.29 is 9.84 Å². The molecule has 4 nitrogen and oxygen atoms in total. The van der Waals surface area contributed by atoms with E-state index < -0.39 is 0 Å². The van der Waals surface area contributed by atoms with Crippen LogP contribution in [0.2, 0.25) is 0 Å². The van der Waals surface area contributed by atoms with Gasteiger partial charge in [-0.15, -0.1) is 0 Å². The molecule has 17 heavy (non-hydrogen) atoms. The molecule has 1 aliphatic rings. The average molecular weight is 234 g/mol. The molecule has 0 unspecified atom stereocenters. The zero-order chi connectivity index (χ0) is 12.1. The third kappa shape index (κ3) is 3.28. The van der Waals surface area contributed by atoms with Gasteiger partial charge in [0.15, 0.2) is 0 Å². The fourth-order valence-corrected chi connectivity index (χ4v) is 2.01. The summed E-state index contributed by atoms with van der Waals surface area (Å²) in [6.45, 7) is 6.47. The molecule has 92 valence electrons. The van der Waals surface area contributed by atoms with Crippen LogP contribution >= 0.6 is 0 Å². The van der Waals surface area contributed by atoms with E-state index >= 15 is 0 Å². The minimum Gasteiger partial charge on any atom is -0.487 e. The molecule has 0 radical (unpaired) electrons. The Labute approximate surface area is 102 Å². The molecule has 0 aliphatic carbocycles. The highest BCUT2D eigenvalue weighted by Crippen LogP contribution is 2.17. The van der Waals surface area contributed by atoms with Crippen LogP contribution < -0.4 is 4.74 Å². The Morgan fingerprint density at radius 1 is 1.59 bits per heavy atom. The molecule has 2 rings (SSSR count). The Bertz CT molecular complexity index is 364. The van der Waals surface area contributed by atoms with E-state index in [2.05, 4.69) is 16.5 Å². The Morgan fingerprint density at radius 3 is 3.12 bits per heavy atom. The van der Waals surface area contributed by atoms with Crippen LogP contribution in [0.3, 0.4) is 0 Å². The van der Waals surface area contributed by atoms with E-state index in [1.165, 1.54) is 0 Å². The number of β-amino-alcohol motifs (C(OH)–C–C–N with tert-alkyl or cyclic N) is 1. The summed E-state index contributed by atoms with van der Waals surface area (Å²) in [5, 5.41) is 8.86. The van der Waals surface area contributed by atoms with Crippen molar-refractivity contribution in [2.24, 2.45) is 0 Å². The van der Waals surface area contributed by atoms with E-state index in [-0.39, 0.29) is 12.7 Å². The summed E-state index contributed by atoms with van der Waals surface area (Å²) in [5.74, 6) is 0.798. The first-order chi connectivity index (χ1) is 8.31. The molecule has 1 fully saturated rings. The van der Waals surface area contributed by atoms with Crippen molar-refractivity contribution in [3.05, 3.63) is 30.6 Å². The van der Waals surface area contributed by atoms with E-state index in [9.17, 15) is 0 Å². The number of aromatic nitrogens is 1. The van der Waals surface area contributed by atoms with Crippen molar-refractivity contribution in [1.82, 2.24) is 9.88 Å². The van der Waals surface area contributed by atoms with Gasteiger partial charge in [-0.2, -0.15) is 0 Å². The first-order valence-electron chi connectivity index (χ1n) is 5.90. The summed E-state index contributed by atoms with van der Waals surface area (Å²) in [7, 11) is 0. The second-order valence-electron chi connectivity index (χ2n) is 4.18. The summed E-state index contributed by atoms with van der Waals surface area (Å²) in [4.78, 5) is 6.40. The minimum atomic E-state index is 0.206. The lowest BCUT2D eigenvalue weighted by molar-refractivity contribution is 0.180. The van der Waals surface area contributed by atoms with Crippen LogP contribution in [0.25, 0.3) is 6.08 Å². The molecule has 0 aromatic carbocycles. The highest BCUT2D eigenvalue weighted by molar-refractivity contribution is 5.42. The van der Waals surface area contributed by atoms with Gasteiger partial charge in [0.25, 0.3) is 0 Å². The summed E-state index contributed by atoms with van der Waals surface area (Å²) in [6.07, 6.45) is 4.65. The molecule has 1 aromatic rings. The van der Waals surface area contributed by atoms with E-state index in [1.807, 2.05) is 12.1 Å². The second kappa shape index (κ2) is 5.80. The third-order valence-electron chi connectivity index (χ3n) is 2.92. The molecular weight excluding hydrogens is 216 g/mol. The van der Waals surface area contributed by atoms with Crippen molar-refractivity contribution in [2.75, 3.05) is 26.2 Å². The minimum absolute atomic E-state index is 0.206. The summed E-state index contributed by atoms with van der Waals surface area (Å²) >= 11 is 0. The van der Waals surface area contributed by atoms with Gasteiger partial charge in [0.1, 0.15) is 11.9 Å². The Hall–Kier alpha value is -1.39. The monoisotopic (exact) mass is 234 g/mol. The SMILES string of the molecule is C=Cc1ccc(O[C@@H]2CCN(CCO)C2)cn1. The number of nitrogens with zero attached hydrogens (tertiary/aromatic N) is 2. The lowest BCUT2D eigenvalue weighted by Gasteiger charge is -2.15. The molecule has 0 bridgehead atoms. The maximum Gasteiger partial charge on any atom is 0.138 e. The molecule has 1 N–H and O–H groups in total. The van der Waals surface area contributed by atoms with Gasteiger partial charge >= 0.3 is 0 Å². The van der Waals surface area contributed by atoms with Crippen LogP contribution in [-0.2, 0) is 0 Å². The van der Waals surface area contributed by atoms with Crippen molar-refractivity contribution in [1.29, 1.82) is 0 Å². The molecule has 0 amide bonds. The molecule has 1 atom stereocenters. The van der Waals surface area contributed by atoms with Gasteiger partial charge in [-0.1, -0.05) is 6.58 Å². The van der Waals surface area contributed by atoms with Crippen LogP contribution in [0.5, 0.6) is 5.75 Å². The molecular formula is C13H18N2O2. The summed E-state index contributed by atoms with van der Waals surface area (Å²) in [6, 6.07) is 3.81. The Morgan fingerprint density at radius 2 is 2.47 bits per heavy atom. The van der Waals surface area contributed by atoms with Gasteiger partial charge in [-0.25, -0.2) is 0 Å². The maximum absolute atomic E-state index is 8.86. The fraction of sp³-hybridized carbons (Fsp3) is 0.462. The zero-order valence-electron chi connectivity index (χ0n) is 9.88. The molecule has 0 saturated carbocycles. The standard InChI is InChI=1S/C13H18N2O2/c1-2-11-3-4-12(9-14-11)17-13-5-6-15(10-13)7-8-16/h2-4,9,13,16H,1,5-8,10H2/t13-/m1/s1.